The van der Waals surface area contributed by atoms with E-state index in [1.165, 1.54) is 12.0 Å². The zero-order valence-electron chi connectivity index (χ0n) is 13.8. The first-order valence-corrected chi connectivity index (χ1v) is 7.97. The van der Waals surface area contributed by atoms with Gasteiger partial charge in [-0.2, -0.15) is 0 Å². The highest BCUT2D eigenvalue weighted by Crippen LogP contribution is 2.45. The Labute approximate surface area is 128 Å². The molecule has 2 unspecified atom stereocenters. The maximum absolute atomic E-state index is 6.36. The van der Waals surface area contributed by atoms with Gasteiger partial charge in [0.15, 0.2) is 11.5 Å². The largest absolute Gasteiger partial charge is 0.485 e. The fourth-order valence-electron chi connectivity index (χ4n) is 3.89. The first kappa shape index (κ1) is 14.7. The summed E-state index contributed by atoms with van der Waals surface area (Å²) in [6, 6.07) is 6.64. The van der Waals surface area contributed by atoms with Crippen LogP contribution in [0.25, 0.3) is 0 Å². The molecule has 21 heavy (non-hydrogen) atoms. The van der Waals surface area contributed by atoms with Crippen LogP contribution >= 0.6 is 0 Å². The molecular formula is C18H27NO2. The molecule has 0 saturated heterocycles. The monoisotopic (exact) mass is 289 g/mol. The summed E-state index contributed by atoms with van der Waals surface area (Å²) in [4.78, 5) is 0. The molecule has 1 heterocycles. The lowest BCUT2D eigenvalue weighted by molar-refractivity contribution is 0.114. The molecule has 0 radical (unpaired) electrons. The predicted octanol–water partition coefficient (Wildman–Crippen LogP) is 3.56. The Morgan fingerprint density at radius 2 is 2.00 bits per heavy atom. The normalized spacial score (nSPS) is 29.0. The van der Waals surface area contributed by atoms with Crippen LogP contribution in [0.15, 0.2) is 18.2 Å². The van der Waals surface area contributed by atoms with Gasteiger partial charge in [-0.05, 0) is 45.2 Å². The zero-order valence-corrected chi connectivity index (χ0v) is 13.8. The molecule has 0 amide bonds. The molecule has 1 aliphatic carbocycles. The number of fused-ring (bicyclic) bond motifs is 1. The predicted molar refractivity (Wildman–Crippen MR) is 85.1 cm³/mol. The van der Waals surface area contributed by atoms with Crippen molar-refractivity contribution in [3.8, 4) is 11.5 Å². The Bertz CT molecular complexity index is 536. The molecule has 3 nitrogen and oxygen atoms in total. The first-order valence-electron chi connectivity index (χ1n) is 7.97. The van der Waals surface area contributed by atoms with Gasteiger partial charge in [0.05, 0.1) is 0 Å². The summed E-state index contributed by atoms with van der Waals surface area (Å²) in [5.41, 5.74) is 1.41. The highest BCUT2D eigenvalue weighted by Gasteiger charge is 2.43. The summed E-state index contributed by atoms with van der Waals surface area (Å²) in [6.07, 6.45) is 3.44. The highest BCUT2D eigenvalue weighted by atomic mass is 16.5. The molecule has 1 aromatic carbocycles. The van der Waals surface area contributed by atoms with Crippen LogP contribution in [0.3, 0.4) is 0 Å². The van der Waals surface area contributed by atoms with E-state index < -0.39 is 0 Å². The third-order valence-electron chi connectivity index (χ3n) is 4.93. The fourth-order valence-corrected chi connectivity index (χ4v) is 3.89. The van der Waals surface area contributed by atoms with Crippen molar-refractivity contribution < 1.29 is 9.47 Å². The van der Waals surface area contributed by atoms with E-state index in [1.807, 2.05) is 13.1 Å². The molecule has 1 aromatic rings. The van der Waals surface area contributed by atoms with Gasteiger partial charge < -0.3 is 14.8 Å². The lowest BCUT2D eigenvalue weighted by atomic mass is 9.87. The lowest BCUT2D eigenvalue weighted by Crippen LogP contribution is -2.44. The minimum atomic E-state index is -0.126. The smallest absolute Gasteiger partial charge is 0.165 e. The van der Waals surface area contributed by atoms with E-state index in [0.717, 1.165) is 24.3 Å². The fraction of sp³-hybridized carbons (Fsp3) is 0.667. The van der Waals surface area contributed by atoms with E-state index in [9.17, 15) is 0 Å². The number of ether oxygens (including phenoxy) is 2. The average Bonchev–Trinajstić information content (AvgIpc) is 2.85. The molecule has 3 heteroatoms. The van der Waals surface area contributed by atoms with Crippen LogP contribution in [-0.2, 0) is 6.42 Å². The standard InChI is InChI=1S/C18H27NO2/c1-17(2)10-9-14(16(17)19-5)20-13-8-6-7-12-11-18(3,4)21-15(12)13/h6-8,14,16,19H,9-11H2,1-5H3. The average molecular weight is 289 g/mol. The molecule has 1 fully saturated rings. The van der Waals surface area contributed by atoms with Crippen molar-refractivity contribution in [3.63, 3.8) is 0 Å². The molecule has 1 aliphatic heterocycles. The third kappa shape index (κ3) is 2.64. The maximum Gasteiger partial charge on any atom is 0.165 e. The van der Waals surface area contributed by atoms with Crippen molar-refractivity contribution in [1.82, 2.24) is 5.32 Å². The van der Waals surface area contributed by atoms with Crippen molar-refractivity contribution in [1.29, 1.82) is 0 Å². The summed E-state index contributed by atoms with van der Waals surface area (Å²) in [7, 11) is 2.03. The van der Waals surface area contributed by atoms with Gasteiger partial charge in [0.25, 0.3) is 0 Å². The van der Waals surface area contributed by atoms with Gasteiger partial charge in [0, 0.05) is 18.0 Å². The van der Waals surface area contributed by atoms with Crippen molar-refractivity contribution in [2.45, 2.75) is 64.7 Å². The Kier molecular flexibility index (Phi) is 3.44. The van der Waals surface area contributed by atoms with Gasteiger partial charge in [-0.25, -0.2) is 0 Å². The maximum atomic E-state index is 6.36. The molecule has 1 N–H and O–H groups in total. The van der Waals surface area contributed by atoms with Gasteiger partial charge in [0.1, 0.15) is 11.7 Å². The van der Waals surface area contributed by atoms with Crippen molar-refractivity contribution >= 4 is 0 Å². The molecule has 116 valence electrons. The Hall–Kier alpha value is -1.22. The van der Waals surface area contributed by atoms with Crippen molar-refractivity contribution in [2.75, 3.05) is 7.05 Å². The van der Waals surface area contributed by atoms with Crippen LogP contribution < -0.4 is 14.8 Å². The van der Waals surface area contributed by atoms with E-state index in [2.05, 4.69) is 45.1 Å². The topological polar surface area (TPSA) is 30.5 Å². The molecule has 0 bridgehead atoms. The van der Waals surface area contributed by atoms with Crippen LogP contribution in [0.5, 0.6) is 11.5 Å². The quantitative estimate of drug-likeness (QED) is 0.923. The SMILES string of the molecule is CNC1C(Oc2cccc3c2OC(C)(C)C3)CCC1(C)C. The number of hydrogen-bond donors (Lipinski definition) is 1. The van der Waals surface area contributed by atoms with E-state index in [1.54, 1.807) is 0 Å². The summed E-state index contributed by atoms with van der Waals surface area (Å²) >= 11 is 0. The highest BCUT2D eigenvalue weighted by molar-refractivity contribution is 5.50. The van der Waals surface area contributed by atoms with Gasteiger partial charge in [0.2, 0.25) is 0 Å². The number of rotatable bonds is 3. The second kappa shape index (κ2) is 4.91. The van der Waals surface area contributed by atoms with E-state index in [4.69, 9.17) is 9.47 Å². The second-order valence-electron chi connectivity index (χ2n) is 7.73. The van der Waals surface area contributed by atoms with Crippen molar-refractivity contribution in [2.24, 2.45) is 5.41 Å². The zero-order chi connectivity index (χ0) is 15.3. The number of benzene rings is 1. The van der Waals surface area contributed by atoms with E-state index in [0.29, 0.717) is 6.04 Å². The number of likely N-dealkylation sites (N-methyl/N-ethyl adjacent to an activating group) is 1. The second-order valence-corrected chi connectivity index (χ2v) is 7.73. The van der Waals surface area contributed by atoms with Crippen molar-refractivity contribution in [3.05, 3.63) is 23.8 Å². The Morgan fingerprint density at radius 3 is 2.71 bits per heavy atom. The molecule has 0 spiro atoms. The van der Waals surface area contributed by atoms with Gasteiger partial charge in [-0.15, -0.1) is 0 Å². The summed E-state index contributed by atoms with van der Waals surface area (Å²) in [5.74, 6) is 1.85. The minimum Gasteiger partial charge on any atom is -0.485 e. The number of para-hydroxylation sites is 1. The van der Waals surface area contributed by atoms with Gasteiger partial charge in [-0.1, -0.05) is 26.0 Å². The number of hydrogen-bond acceptors (Lipinski definition) is 3. The lowest BCUT2D eigenvalue weighted by Gasteiger charge is -2.30. The van der Waals surface area contributed by atoms with Crippen LogP contribution in [0, 0.1) is 5.41 Å². The van der Waals surface area contributed by atoms with Crippen LogP contribution in [0.1, 0.15) is 46.1 Å². The summed E-state index contributed by atoms with van der Waals surface area (Å²) < 4.78 is 12.5. The molecule has 2 aliphatic rings. The summed E-state index contributed by atoms with van der Waals surface area (Å²) in [5, 5.41) is 3.44. The third-order valence-corrected chi connectivity index (χ3v) is 4.93. The van der Waals surface area contributed by atoms with Gasteiger partial charge >= 0.3 is 0 Å². The number of nitrogens with one attached hydrogen (secondary N) is 1. The Balaban J connectivity index is 1.83. The molecule has 2 atom stereocenters. The van der Waals surface area contributed by atoms with Crippen LogP contribution in [0.4, 0.5) is 0 Å². The molecular weight excluding hydrogens is 262 g/mol. The molecule has 1 saturated carbocycles. The van der Waals surface area contributed by atoms with Gasteiger partial charge in [-0.3, -0.25) is 0 Å². The Morgan fingerprint density at radius 1 is 1.24 bits per heavy atom. The van der Waals surface area contributed by atoms with Crippen LogP contribution in [-0.4, -0.2) is 24.8 Å². The minimum absolute atomic E-state index is 0.126. The van der Waals surface area contributed by atoms with E-state index in [-0.39, 0.29) is 17.1 Å². The van der Waals surface area contributed by atoms with E-state index >= 15 is 0 Å². The molecule has 0 aromatic heterocycles. The summed E-state index contributed by atoms with van der Waals surface area (Å²) in [6.45, 7) is 8.89. The van der Waals surface area contributed by atoms with Crippen LogP contribution in [0.2, 0.25) is 0 Å². The first-order chi connectivity index (χ1) is 9.82. The molecule has 3 rings (SSSR count).